The second-order valence-electron chi connectivity index (χ2n) is 8.20. The number of aliphatic hydroxyl groups excluding tert-OH is 1. The van der Waals surface area contributed by atoms with Gasteiger partial charge in [0.25, 0.3) is 0 Å². The van der Waals surface area contributed by atoms with Crippen molar-refractivity contribution in [3.63, 3.8) is 0 Å². The summed E-state index contributed by atoms with van der Waals surface area (Å²) < 4.78 is 17.2. The number of anilines is 1. The van der Waals surface area contributed by atoms with E-state index in [4.69, 9.17) is 24.6 Å². The minimum absolute atomic E-state index is 0.0915. The van der Waals surface area contributed by atoms with Gasteiger partial charge >= 0.3 is 0 Å². The number of benzene rings is 1. The maximum atomic E-state index is 13.1. The smallest absolute Gasteiger partial charge is 0.237 e. The Morgan fingerprint density at radius 1 is 1.22 bits per heavy atom. The fraction of sp³-hybridized carbons (Fsp3) is 0.455. The number of imidazole rings is 1. The lowest BCUT2D eigenvalue weighted by molar-refractivity contribution is -0.127. The van der Waals surface area contributed by atoms with Crippen molar-refractivity contribution in [3.05, 3.63) is 42.5 Å². The molecule has 0 spiro atoms. The Balaban J connectivity index is 1.86. The van der Waals surface area contributed by atoms with Gasteiger partial charge in [0.15, 0.2) is 32.2 Å². The highest BCUT2D eigenvalue weighted by atomic mass is 31.1. The molecule has 5 unspecified atom stereocenters. The number of methoxy groups -OCH3 is 2. The fourth-order valence-corrected chi connectivity index (χ4v) is 3.95. The number of ether oxygens (including phenoxy) is 2. The van der Waals surface area contributed by atoms with Crippen LogP contribution in [-0.2, 0) is 20.5 Å². The maximum absolute atomic E-state index is 13.1. The van der Waals surface area contributed by atoms with Crippen molar-refractivity contribution in [3.8, 4) is 5.75 Å². The zero-order valence-corrected chi connectivity index (χ0v) is 21.5. The van der Waals surface area contributed by atoms with Gasteiger partial charge in [-0.2, -0.15) is 0 Å². The van der Waals surface area contributed by atoms with Gasteiger partial charge in [-0.3, -0.25) is 9.36 Å². The van der Waals surface area contributed by atoms with Gasteiger partial charge in [0.1, 0.15) is 24.2 Å². The number of nitrogens with one attached hydrogen (secondary N) is 1. The van der Waals surface area contributed by atoms with Crippen molar-refractivity contribution in [2.75, 3.05) is 39.8 Å². The minimum Gasteiger partial charge on any atom is -0.497 e. The van der Waals surface area contributed by atoms with Crippen LogP contribution in [0.25, 0.3) is 11.2 Å². The maximum Gasteiger partial charge on any atom is 0.237 e. The van der Waals surface area contributed by atoms with Crippen LogP contribution >= 0.6 is 9.03 Å². The number of rotatable bonds is 13. The van der Waals surface area contributed by atoms with E-state index in [1.54, 1.807) is 24.1 Å². The van der Waals surface area contributed by atoms with Gasteiger partial charge in [0.2, 0.25) is 5.91 Å². The van der Waals surface area contributed by atoms with Crippen LogP contribution in [0.1, 0.15) is 11.8 Å². The van der Waals surface area contributed by atoms with Crippen molar-refractivity contribution >= 4 is 31.9 Å². The largest absolute Gasteiger partial charge is 0.497 e. The highest BCUT2D eigenvalue weighted by Gasteiger charge is 2.34. The molecule has 5 atom stereocenters. The second-order valence-corrected chi connectivity index (χ2v) is 8.67. The Kier molecular flexibility index (Phi) is 9.88. The van der Waals surface area contributed by atoms with E-state index < -0.39 is 39.4 Å². The SMILES string of the molecule is COc1ccc(CC(N)C(=O)NC(C(COPO)OC)C(O)n2cnc3c(N(C)C)ncnc32)cc1. The van der Waals surface area contributed by atoms with Gasteiger partial charge in [-0.05, 0) is 24.1 Å². The quantitative estimate of drug-likeness (QED) is 0.223. The normalized spacial score (nSPS) is 15.1. The zero-order valence-electron chi connectivity index (χ0n) is 20.5. The predicted molar refractivity (Wildman–Crippen MR) is 135 cm³/mol. The summed E-state index contributed by atoms with van der Waals surface area (Å²) in [7, 11) is 5.83. The van der Waals surface area contributed by atoms with Crippen LogP contribution in [-0.4, -0.2) is 88.5 Å². The summed E-state index contributed by atoms with van der Waals surface area (Å²) in [4.78, 5) is 36.9. The summed E-state index contributed by atoms with van der Waals surface area (Å²) in [6.45, 7) is -0.0915. The summed E-state index contributed by atoms with van der Waals surface area (Å²) in [5, 5.41) is 14.1. The summed E-state index contributed by atoms with van der Waals surface area (Å²) >= 11 is 0. The third-order valence-electron chi connectivity index (χ3n) is 5.65. The number of carbonyl (C=O) groups is 1. The second kappa shape index (κ2) is 12.9. The Morgan fingerprint density at radius 3 is 2.56 bits per heavy atom. The first-order valence-corrected chi connectivity index (χ1v) is 11.9. The molecule has 14 heteroatoms. The Labute approximate surface area is 210 Å². The van der Waals surface area contributed by atoms with Crippen LogP contribution in [0.15, 0.2) is 36.9 Å². The van der Waals surface area contributed by atoms with Crippen LogP contribution < -0.4 is 20.7 Å². The van der Waals surface area contributed by atoms with Gasteiger partial charge in [0, 0.05) is 21.2 Å². The van der Waals surface area contributed by atoms with E-state index in [1.165, 1.54) is 24.3 Å². The molecule has 0 saturated heterocycles. The Bertz CT molecular complexity index is 1130. The minimum atomic E-state index is -1.35. The third-order valence-corrected chi connectivity index (χ3v) is 5.94. The van der Waals surface area contributed by atoms with Crippen molar-refractivity contribution in [1.29, 1.82) is 0 Å². The first-order chi connectivity index (χ1) is 17.3. The highest BCUT2D eigenvalue weighted by Crippen LogP contribution is 2.25. The molecule has 0 radical (unpaired) electrons. The van der Waals surface area contributed by atoms with E-state index in [2.05, 4.69) is 20.3 Å². The van der Waals surface area contributed by atoms with E-state index in [1.807, 2.05) is 26.2 Å². The summed E-state index contributed by atoms with van der Waals surface area (Å²) in [6.07, 6.45) is 0.856. The number of nitrogens with two attached hydrogens (primary N) is 1. The summed E-state index contributed by atoms with van der Waals surface area (Å²) in [5.41, 5.74) is 7.88. The van der Waals surface area contributed by atoms with Gasteiger partial charge in [-0.15, -0.1) is 0 Å². The lowest BCUT2D eigenvalue weighted by atomic mass is 10.0. The molecule has 13 nitrogen and oxygen atoms in total. The van der Waals surface area contributed by atoms with E-state index in [0.717, 1.165) is 5.56 Å². The molecular formula is C22H32N7O6P. The third kappa shape index (κ3) is 6.44. The number of carbonyl (C=O) groups excluding carboxylic acids is 1. The molecule has 3 aromatic rings. The Morgan fingerprint density at radius 2 is 1.94 bits per heavy atom. The molecule has 196 valence electrons. The van der Waals surface area contributed by atoms with Crippen molar-refractivity contribution in [1.82, 2.24) is 24.8 Å². The van der Waals surface area contributed by atoms with Gasteiger partial charge in [-0.1, -0.05) is 12.1 Å². The van der Waals surface area contributed by atoms with E-state index in [0.29, 0.717) is 22.7 Å². The molecule has 36 heavy (non-hydrogen) atoms. The zero-order chi connectivity index (χ0) is 26.2. The molecule has 1 aromatic carbocycles. The Hall–Kier alpha value is -2.93. The number of aliphatic hydroxyl groups is 1. The summed E-state index contributed by atoms with van der Waals surface area (Å²) in [5.74, 6) is 0.763. The standard InChI is InChI=1S/C22H32N7O6P/c1-28(2)19-18-20(25-11-24-19)29(12-26-18)22(31)17(16(34-4)10-35-36-32)27-21(30)15(23)9-13-5-7-14(33-3)8-6-13/h5-8,11-12,15-17,22,31-32,36H,9-10,23H2,1-4H3,(H,27,30). The van der Waals surface area contributed by atoms with Crippen LogP contribution in [0.3, 0.4) is 0 Å². The van der Waals surface area contributed by atoms with Crippen LogP contribution in [0.5, 0.6) is 5.75 Å². The molecule has 0 fully saturated rings. The number of fused-ring (bicyclic) bond motifs is 1. The molecular weight excluding hydrogens is 489 g/mol. The van der Waals surface area contributed by atoms with Gasteiger partial charge < -0.3 is 39.9 Å². The molecule has 0 aliphatic rings. The van der Waals surface area contributed by atoms with Crippen molar-refractivity contribution in [2.45, 2.75) is 30.8 Å². The molecule has 0 aliphatic heterocycles. The lowest BCUT2D eigenvalue weighted by Crippen LogP contribution is -2.55. The van der Waals surface area contributed by atoms with Crippen LogP contribution in [0.2, 0.25) is 0 Å². The number of hydrogen-bond donors (Lipinski definition) is 4. The fourth-order valence-electron chi connectivity index (χ4n) is 3.71. The molecule has 3 rings (SSSR count). The average Bonchev–Trinajstić information content (AvgIpc) is 3.32. The van der Waals surface area contributed by atoms with Crippen molar-refractivity contribution < 1.29 is 28.8 Å². The first-order valence-electron chi connectivity index (χ1n) is 11.1. The number of amides is 1. The molecule has 0 aliphatic carbocycles. The molecule has 0 saturated carbocycles. The number of aromatic nitrogens is 4. The van der Waals surface area contributed by atoms with Gasteiger partial charge in [0.05, 0.1) is 26.1 Å². The van der Waals surface area contributed by atoms with Crippen LogP contribution in [0, 0.1) is 0 Å². The predicted octanol–water partition coefficient (Wildman–Crippen LogP) is -0.0210. The van der Waals surface area contributed by atoms with Gasteiger partial charge in [-0.25, -0.2) is 15.0 Å². The topological polar surface area (TPSA) is 170 Å². The molecule has 0 bridgehead atoms. The molecule has 1 amide bonds. The summed E-state index contributed by atoms with van der Waals surface area (Å²) in [6, 6.07) is 5.30. The molecule has 5 N–H and O–H groups in total. The lowest BCUT2D eigenvalue weighted by Gasteiger charge is -2.32. The molecule has 2 aromatic heterocycles. The first kappa shape index (κ1) is 27.7. The van der Waals surface area contributed by atoms with Crippen molar-refractivity contribution in [2.24, 2.45) is 5.73 Å². The van der Waals surface area contributed by atoms with Crippen LogP contribution in [0.4, 0.5) is 5.82 Å². The molecule has 2 heterocycles. The van der Waals surface area contributed by atoms with E-state index in [9.17, 15) is 9.90 Å². The average molecular weight is 522 g/mol. The van der Waals surface area contributed by atoms with E-state index in [-0.39, 0.29) is 13.0 Å². The monoisotopic (exact) mass is 521 g/mol. The number of hydrogen-bond acceptors (Lipinski definition) is 11. The van der Waals surface area contributed by atoms with E-state index >= 15 is 0 Å². The number of nitrogens with zero attached hydrogens (tertiary/aromatic N) is 5. The highest BCUT2D eigenvalue weighted by molar-refractivity contribution is 7.24.